The van der Waals surface area contributed by atoms with Crippen LogP contribution in [0.4, 0.5) is 0 Å². The van der Waals surface area contributed by atoms with E-state index >= 15 is 0 Å². The molecule has 0 amide bonds. The monoisotopic (exact) mass is 323 g/mol. The molecule has 0 spiro atoms. The first-order valence-electron chi connectivity index (χ1n) is 8.16. The van der Waals surface area contributed by atoms with Crippen molar-refractivity contribution in [2.24, 2.45) is 10.9 Å². The minimum atomic E-state index is -0.562. The van der Waals surface area contributed by atoms with Gasteiger partial charge in [0.05, 0.1) is 6.61 Å². The van der Waals surface area contributed by atoms with Crippen molar-refractivity contribution in [2.45, 2.75) is 19.9 Å². The van der Waals surface area contributed by atoms with Crippen LogP contribution in [-0.2, 0) is 14.3 Å². The lowest BCUT2D eigenvalue weighted by Gasteiger charge is -2.08. The molecule has 4 heteroatoms. The zero-order valence-corrected chi connectivity index (χ0v) is 13.9. The van der Waals surface area contributed by atoms with Gasteiger partial charge in [0.15, 0.2) is 6.04 Å². The van der Waals surface area contributed by atoms with Crippen LogP contribution in [0.5, 0.6) is 0 Å². The molecule has 0 bridgehead atoms. The van der Waals surface area contributed by atoms with Crippen molar-refractivity contribution >= 4 is 11.9 Å². The lowest BCUT2D eigenvalue weighted by Crippen LogP contribution is -2.24. The molecule has 0 saturated heterocycles. The number of ether oxygens (including phenoxy) is 2. The number of hydrogen-bond donors (Lipinski definition) is 0. The Morgan fingerprint density at radius 2 is 1.71 bits per heavy atom. The summed E-state index contributed by atoms with van der Waals surface area (Å²) in [5, 5.41) is 0. The van der Waals surface area contributed by atoms with E-state index in [4.69, 9.17) is 9.47 Å². The summed E-state index contributed by atoms with van der Waals surface area (Å²) in [5.41, 5.74) is 3.16. The molecule has 0 fully saturated rings. The van der Waals surface area contributed by atoms with Crippen LogP contribution >= 0.6 is 0 Å². The zero-order chi connectivity index (χ0) is 16.9. The average Bonchev–Trinajstić information content (AvgIpc) is 3.11. The van der Waals surface area contributed by atoms with Crippen LogP contribution in [0.15, 0.2) is 59.6 Å². The molecule has 3 rings (SSSR count). The highest BCUT2D eigenvalue weighted by Crippen LogP contribution is 2.21. The first-order valence-corrected chi connectivity index (χ1v) is 8.16. The standard InChI is InChI=1S/C20H21NO3/c1-14(2)12-24-20(22)18-13-23-19(21-18)17-10-8-16(9-11-17)15-6-4-3-5-7-15/h3-11,14,18H,12-13H2,1-2H3. The van der Waals surface area contributed by atoms with Crippen molar-refractivity contribution in [3.05, 3.63) is 60.2 Å². The van der Waals surface area contributed by atoms with Gasteiger partial charge in [0.1, 0.15) is 6.61 Å². The van der Waals surface area contributed by atoms with Crippen LogP contribution in [0.1, 0.15) is 19.4 Å². The van der Waals surface area contributed by atoms with E-state index in [0.29, 0.717) is 18.4 Å². The van der Waals surface area contributed by atoms with Gasteiger partial charge in [0.2, 0.25) is 5.90 Å². The highest BCUT2D eigenvalue weighted by Gasteiger charge is 2.28. The molecule has 24 heavy (non-hydrogen) atoms. The topological polar surface area (TPSA) is 47.9 Å². The average molecular weight is 323 g/mol. The van der Waals surface area contributed by atoms with Crippen LogP contribution in [-0.4, -0.2) is 31.1 Å². The number of nitrogens with zero attached hydrogens (tertiary/aromatic N) is 1. The third kappa shape index (κ3) is 3.82. The Morgan fingerprint density at radius 3 is 2.38 bits per heavy atom. The van der Waals surface area contributed by atoms with Crippen LogP contribution < -0.4 is 0 Å². The molecule has 1 atom stereocenters. The van der Waals surface area contributed by atoms with E-state index in [1.807, 2.05) is 56.3 Å². The largest absolute Gasteiger partial charge is 0.475 e. The van der Waals surface area contributed by atoms with Gasteiger partial charge in [-0.3, -0.25) is 0 Å². The van der Waals surface area contributed by atoms with Crippen LogP contribution in [0.25, 0.3) is 11.1 Å². The summed E-state index contributed by atoms with van der Waals surface area (Å²) in [5.74, 6) is 0.492. The van der Waals surface area contributed by atoms with Crippen molar-refractivity contribution in [3.8, 4) is 11.1 Å². The summed E-state index contributed by atoms with van der Waals surface area (Å²) in [6.45, 7) is 4.65. The molecule has 124 valence electrons. The summed E-state index contributed by atoms with van der Waals surface area (Å²) in [4.78, 5) is 16.3. The molecule has 0 aromatic heterocycles. The van der Waals surface area contributed by atoms with Crippen molar-refractivity contribution in [1.82, 2.24) is 0 Å². The fraction of sp³-hybridized carbons (Fsp3) is 0.300. The van der Waals surface area contributed by atoms with Gasteiger partial charge in [-0.05, 0) is 29.2 Å². The van der Waals surface area contributed by atoms with E-state index in [1.54, 1.807) is 0 Å². The molecule has 2 aromatic carbocycles. The third-order valence-electron chi connectivity index (χ3n) is 3.72. The molecular formula is C20H21NO3. The Morgan fingerprint density at radius 1 is 1.08 bits per heavy atom. The Balaban J connectivity index is 1.69. The first-order chi connectivity index (χ1) is 11.6. The number of benzene rings is 2. The molecule has 2 aromatic rings. The van der Waals surface area contributed by atoms with Crippen molar-refractivity contribution in [1.29, 1.82) is 0 Å². The summed E-state index contributed by atoms with van der Waals surface area (Å²) < 4.78 is 10.8. The zero-order valence-electron chi connectivity index (χ0n) is 13.9. The van der Waals surface area contributed by atoms with Crippen molar-refractivity contribution in [3.63, 3.8) is 0 Å². The van der Waals surface area contributed by atoms with E-state index in [1.165, 1.54) is 0 Å². The summed E-state index contributed by atoms with van der Waals surface area (Å²) in [6.07, 6.45) is 0. The minimum absolute atomic E-state index is 0.243. The molecule has 1 unspecified atom stereocenters. The second-order valence-electron chi connectivity index (χ2n) is 6.23. The van der Waals surface area contributed by atoms with E-state index < -0.39 is 6.04 Å². The maximum Gasteiger partial charge on any atom is 0.334 e. The normalized spacial score (nSPS) is 16.6. The number of esters is 1. The van der Waals surface area contributed by atoms with Gasteiger partial charge in [0.25, 0.3) is 0 Å². The summed E-state index contributed by atoms with van der Waals surface area (Å²) >= 11 is 0. The molecule has 1 aliphatic heterocycles. The molecular weight excluding hydrogens is 302 g/mol. The van der Waals surface area contributed by atoms with Gasteiger partial charge < -0.3 is 9.47 Å². The molecule has 4 nitrogen and oxygen atoms in total. The molecule has 0 aliphatic carbocycles. The number of hydrogen-bond acceptors (Lipinski definition) is 4. The Hall–Kier alpha value is -2.62. The lowest BCUT2D eigenvalue weighted by atomic mass is 10.0. The fourth-order valence-electron chi connectivity index (χ4n) is 2.43. The van der Waals surface area contributed by atoms with Gasteiger partial charge >= 0.3 is 5.97 Å². The van der Waals surface area contributed by atoms with Gasteiger partial charge in [-0.1, -0.05) is 56.3 Å². The smallest absolute Gasteiger partial charge is 0.334 e. The van der Waals surface area contributed by atoms with Gasteiger partial charge in [0, 0.05) is 5.56 Å². The minimum Gasteiger partial charge on any atom is -0.475 e. The Kier molecular flexibility index (Phi) is 4.94. The fourth-order valence-corrected chi connectivity index (χ4v) is 2.43. The van der Waals surface area contributed by atoms with E-state index in [2.05, 4.69) is 17.1 Å². The lowest BCUT2D eigenvalue weighted by molar-refractivity contribution is -0.146. The van der Waals surface area contributed by atoms with Crippen LogP contribution in [0.3, 0.4) is 0 Å². The third-order valence-corrected chi connectivity index (χ3v) is 3.72. The number of carbonyl (C=O) groups is 1. The van der Waals surface area contributed by atoms with E-state index in [0.717, 1.165) is 16.7 Å². The predicted octanol–water partition coefficient (Wildman–Crippen LogP) is 3.70. The number of carbonyl (C=O) groups excluding carboxylic acids is 1. The quantitative estimate of drug-likeness (QED) is 0.788. The van der Waals surface area contributed by atoms with Gasteiger partial charge in [-0.25, -0.2) is 9.79 Å². The van der Waals surface area contributed by atoms with Crippen LogP contribution in [0, 0.1) is 5.92 Å². The first kappa shape index (κ1) is 16.2. The molecule has 0 saturated carbocycles. The van der Waals surface area contributed by atoms with Gasteiger partial charge in [-0.2, -0.15) is 0 Å². The predicted molar refractivity (Wildman–Crippen MR) is 94.0 cm³/mol. The highest BCUT2D eigenvalue weighted by atomic mass is 16.5. The van der Waals surface area contributed by atoms with Crippen LogP contribution in [0.2, 0.25) is 0 Å². The Labute approximate surface area is 142 Å². The second kappa shape index (κ2) is 7.30. The Bertz CT molecular complexity index is 720. The van der Waals surface area contributed by atoms with Crippen molar-refractivity contribution in [2.75, 3.05) is 13.2 Å². The molecule has 0 radical (unpaired) electrons. The van der Waals surface area contributed by atoms with Gasteiger partial charge in [-0.15, -0.1) is 0 Å². The molecule has 1 heterocycles. The SMILES string of the molecule is CC(C)COC(=O)C1COC(c2ccc(-c3ccccc3)cc2)=N1. The number of aliphatic imine (C=N–C) groups is 1. The molecule has 0 N–H and O–H groups in total. The maximum atomic E-state index is 12.0. The maximum absolute atomic E-state index is 12.0. The summed E-state index contributed by atoms with van der Waals surface area (Å²) in [6, 6.07) is 17.6. The summed E-state index contributed by atoms with van der Waals surface area (Å²) in [7, 11) is 0. The van der Waals surface area contributed by atoms with E-state index in [9.17, 15) is 4.79 Å². The van der Waals surface area contributed by atoms with Crippen molar-refractivity contribution < 1.29 is 14.3 Å². The number of rotatable bonds is 5. The van der Waals surface area contributed by atoms with E-state index in [-0.39, 0.29) is 12.6 Å². The second-order valence-corrected chi connectivity index (χ2v) is 6.23. The molecule has 1 aliphatic rings. The highest BCUT2D eigenvalue weighted by molar-refractivity contribution is 5.98.